The van der Waals surface area contributed by atoms with Crippen LogP contribution in [0.3, 0.4) is 0 Å². The largest absolute Gasteiger partial charge is 0.550 e. The molecule has 0 radical (unpaired) electrons. The number of unbranched alkanes of at least 4 members (excludes halogenated alkanes) is 2. The standard InChI is InChI=1S/C18H31NO4/c1-5-6-7-8-9-10-11-12-13-18(22)23-16(14-17(20)21)15-19(2,3)4/h6-7,11-12,16H,5,8-10,13-15H2,1-4H3/b7-6+,12-11+. The molecule has 132 valence electrons. The summed E-state index contributed by atoms with van der Waals surface area (Å²) < 4.78 is 5.78. The number of hydrogen-bond donors (Lipinski definition) is 0. The van der Waals surface area contributed by atoms with Crippen molar-refractivity contribution in [1.29, 1.82) is 0 Å². The maximum atomic E-state index is 11.8. The maximum Gasteiger partial charge on any atom is 0.310 e. The quantitative estimate of drug-likeness (QED) is 0.238. The Morgan fingerprint density at radius 2 is 1.70 bits per heavy atom. The number of aliphatic carboxylic acids is 1. The lowest BCUT2D eigenvalue weighted by Gasteiger charge is -2.29. The smallest absolute Gasteiger partial charge is 0.310 e. The summed E-state index contributed by atoms with van der Waals surface area (Å²) in [5.41, 5.74) is 0. The van der Waals surface area contributed by atoms with Gasteiger partial charge in [-0.15, -0.1) is 0 Å². The second-order valence-electron chi connectivity index (χ2n) is 6.65. The van der Waals surface area contributed by atoms with Gasteiger partial charge in [0.25, 0.3) is 0 Å². The van der Waals surface area contributed by atoms with E-state index in [0.29, 0.717) is 11.0 Å². The molecule has 0 N–H and O–H groups in total. The van der Waals surface area contributed by atoms with Crippen LogP contribution in [0.4, 0.5) is 0 Å². The summed E-state index contributed by atoms with van der Waals surface area (Å²) in [4.78, 5) is 22.5. The average Bonchev–Trinajstić information content (AvgIpc) is 2.39. The van der Waals surface area contributed by atoms with Crippen molar-refractivity contribution in [2.45, 2.75) is 51.6 Å². The Kier molecular flexibility index (Phi) is 11.0. The molecule has 0 saturated carbocycles. The molecule has 0 amide bonds. The summed E-state index contributed by atoms with van der Waals surface area (Å²) in [6.07, 6.45) is 11.4. The Bertz CT molecular complexity index is 408. The number of likely N-dealkylation sites (N-methyl/N-ethyl adjacent to an activating group) is 1. The highest BCUT2D eigenvalue weighted by Gasteiger charge is 2.21. The molecule has 1 atom stereocenters. The van der Waals surface area contributed by atoms with Crippen LogP contribution in [0.15, 0.2) is 24.3 Å². The van der Waals surface area contributed by atoms with Crippen LogP contribution in [-0.4, -0.2) is 50.2 Å². The first-order valence-electron chi connectivity index (χ1n) is 8.24. The molecule has 0 fully saturated rings. The molecule has 0 aliphatic heterocycles. The van der Waals surface area contributed by atoms with Gasteiger partial charge >= 0.3 is 5.97 Å². The second kappa shape index (κ2) is 11.9. The van der Waals surface area contributed by atoms with Gasteiger partial charge in [-0.05, 0) is 25.7 Å². The fraction of sp³-hybridized carbons (Fsp3) is 0.667. The summed E-state index contributed by atoms with van der Waals surface area (Å²) in [7, 11) is 5.76. The number of rotatable bonds is 12. The number of carbonyl (C=O) groups excluding carboxylic acids is 2. The van der Waals surface area contributed by atoms with Crippen molar-refractivity contribution in [3.63, 3.8) is 0 Å². The van der Waals surface area contributed by atoms with E-state index in [4.69, 9.17) is 4.74 Å². The first-order valence-corrected chi connectivity index (χ1v) is 8.24. The van der Waals surface area contributed by atoms with Crippen LogP contribution < -0.4 is 5.11 Å². The van der Waals surface area contributed by atoms with Crippen molar-refractivity contribution in [2.75, 3.05) is 27.7 Å². The number of allylic oxidation sites excluding steroid dienone is 3. The number of nitrogens with zero attached hydrogens (tertiary/aromatic N) is 1. The molecule has 23 heavy (non-hydrogen) atoms. The molecule has 0 heterocycles. The van der Waals surface area contributed by atoms with Gasteiger partial charge in [0.2, 0.25) is 0 Å². The number of ether oxygens (including phenoxy) is 1. The molecular weight excluding hydrogens is 294 g/mol. The SMILES string of the molecule is CC/C=C/CCC/C=C/CC(=O)OC(CC(=O)[O-])C[N+](C)(C)C. The molecule has 0 aliphatic rings. The van der Waals surface area contributed by atoms with Gasteiger partial charge in [-0.1, -0.05) is 31.2 Å². The Hall–Kier alpha value is -1.62. The predicted octanol–water partition coefficient (Wildman–Crippen LogP) is 1.83. The van der Waals surface area contributed by atoms with Crippen molar-refractivity contribution in [2.24, 2.45) is 0 Å². The number of esters is 1. The van der Waals surface area contributed by atoms with E-state index >= 15 is 0 Å². The molecule has 0 rings (SSSR count). The van der Waals surface area contributed by atoms with E-state index < -0.39 is 18.0 Å². The fourth-order valence-electron chi connectivity index (χ4n) is 2.11. The third-order valence-corrected chi connectivity index (χ3v) is 3.04. The number of hydrogen-bond acceptors (Lipinski definition) is 4. The van der Waals surface area contributed by atoms with Crippen LogP contribution in [-0.2, 0) is 14.3 Å². The molecule has 5 nitrogen and oxygen atoms in total. The lowest BCUT2D eigenvalue weighted by Crippen LogP contribution is -2.45. The zero-order valence-corrected chi connectivity index (χ0v) is 14.9. The summed E-state index contributed by atoms with van der Waals surface area (Å²) in [6.45, 7) is 2.54. The minimum absolute atomic E-state index is 0.172. The van der Waals surface area contributed by atoms with E-state index in [1.807, 2.05) is 27.2 Å². The number of carboxylic acid groups (broad SMARTS) is 1. The summed E-state index contributed by atoms with van der Waals surface area (Å²) in [5.74, 6) is -1.60. The van der Waals surface area contributed by atoms with Crippen molar-refractivity contribution < 1.29 is 23.9 Å². The molecule has 0 saturated heterocycles. The van der Waals surface area contributed by atoms with Gasteiger partial charge in [0, 0.05) is 12.4 Å². The minimum Gasteiger partial charge on any atom is -0.550 e. The van der Waals surface area contributed by atoms with E-state index in [1.54, 1.807) is 6.08 Å². The Morgan fingerprint density at radius 3 is 2.22 bits per heavy atom. The zero-order valence-electron chi connectivity index (χ0n) is 14.9. The highest BCUT2D eigenvalue weighted by atomic mass is 16.5. The van der Waals surface area contributed by atoms with E-state index in [9.17, 15) is 14.7 Å². The third kappa shape index (κ3) is 15.1. The summed E-state index contributed by atoms with van der Waals surface area (Å²) in [5, 5.41) is 10.8. The third-order valence-electron chi connectivity index (χ3n) is 3.04. The molecule has 0 aromatic rings. The van der Waals surface area contributed by atoms with E-state index in [0.717, 1.165) is 25.7 Å². The van der Waals surface area contributed by atoms with Crippen molar-refractivity contribution in [3.05, 3.63) is 24.3 Å². The molecule has 1 unspecified atom stereocenters. The van der Waals surface area contributed by atoms with Crippen LogP contribution in [0.1, 0.15) is 45.4 Å². The zero-order chi connectivity index (χ0) is 17.7. The highest BCUT2D eigenvalue weighted by molar-refractivity contribution is 5.72. The minimum atomic E-state index is -1.20. The summed E-state index contributed by atoms with van der Waals surface area (Å²) in [6, 6.07) is 0. The fourth-order valence-corrected chi connectivity index (χ4v) is 2.11. The second-order valence-corrected chi connectivity index (χ2v) is 6.65. The maximum absolute atomic E-state index is 11.8. The highest BCUT2D eigenvalue weighted by Crippen LogP contribution is 2.07. The molecule has 0 aromatic carbocycles. The van der Waals surface area contributed by atoms with Crippen molar-refractivity contribution in [1.82, 2.24) is 0 Å². The van der Waals surface area contributed by atoms with Crippen LogP contribution in [0.5, 0.6) is 0 Å². The van der Waals surface area contributed by atoms with Gasteiger partial charge in [-0.25, -0.2) is 0 Å². The number of quaternary nitrogens is 1. The Morgan fingerprint density at radius 1 is 1.09 bits per heavy atom. The molecule has 0 aromatic heterocycles. The van der Waals surface area contributed by atoms with Crippen LogP contribution >= 0.6 is 0 Å². The van der Waals surface area contributed by atoms with Gasteiger partial charge < -0.3 is 19.1 Å². The average molecular weight is 325 g/mol. The number of carboxylic acids is 1. The van der Waals surface area contributed by atoms with Crippen LogP contribution in [0.25, 0.3) is 0 Å². The topological polar surface area (TPSA) is 66.4 Å². The van der Waals surface area contributed by atoms with Crippen molar-refractivity contribution >= 4 is 11.9 Å². The van der Waals surface area contributed by atoms with Gasteiger partial charge in [-0.3, -0.25) is 4.79 Å². The molecule has 0 aliphatic carbocycles. The lowest BCUT2D eigenvalue weighted by atomic mass is 10.2. The van der Waals surface area contributed by atoms with Gasteiger partial charge in [0.15, 0.2) is 6.10 Å². The lowest BCUT2D eigenvalue weighted by molar-refractivity contribution is -0.873. The molecule has 5 heteroatoms. The normalized spacial score (nSPS) is 13.6. The van der Waals surface area contributed by atoms with Gasteiger partial charge in [0.1, 0.15) is 6.54 Å². The van der Waals surface area contributed by atoms with Gasteiger partial charge in [0.05, 0.1) is 27.6 Å². The first-order chi connectivity index (χ1) is 10.7. The monoisotopic (exact) mass is 325 g/mol. The number of carbonyl (C=O) groups is 2. The van der Waals surface area contributed by atoms with Crippen LogP contribution in [0, 0.1) is 0 Å². The Labute approximate surface area is 140 Å². The molecule has 0 spiro atoms. The van der Waals surface area contributed by atoms with Gasteiger partial charge in [-0.2, -0.15) is 0 Å². The molecular formula is C18H31NO4. The molecule has 0 bridgehead atoms. The van der Waals surface area contributed by atoms with E-state index in [-0.39, 0.29) is 12.8 Å². The predicted molar refractivity (Wildman–Crippen MR) is 89.4 cm³/mol. The summed E-state index contributed by atoms with van der Waals surface area (Å²) >= 11 is 0. The van der Waals surface area contributed by atoms with Crippen LogP contribution in [0.2, 0.25) is 0 Å². The Balaban J connectivity index is 4.11. The van der Waals surface area contributed by atoms with Crippen molar-refractivity contribution in [3.8, 4) is 0 Å². The van der Waals surface area contributed by atoms with E-state index in [2.05, 4.69) is 19.1 Å². The first kappa shape index (κ1) is 21.4. The van der Waals surface area contributed by atoms with E-state index in [1.165, 1.54) is 0 Å².